The smallest absolute Gasteiger partial charge is 0.255 e. The van der Waals surface area contributed by atoms with Gasteiger partial charge in [-0.05, 0) is 61.9 Å². The first-order valence-electron chi connectivity index (χ1n) is 15.1. The molecule has 0 unspecified atom stereocenters. The van der Waals surface area contributed by atoms with Gasteiger partial charge in [-0.2, -0.15) is 0 Å². The van der Waals surface area contributed by atoms with Gasteiger partial charge in [-0.25, -0.2) is 4.98 Å². The topological polar surface area (TPSA) is 188 Å². The van der Waals surface area contributed by atoms with E-state index >= 15 is 0 Å². The second-order valence-corrected chi connectivity index (χ2v) is 12.3. The summed E-state index contributed by atoms with van der Waals surface area (Å²) in [4.78, 5) is 58.2. The Morgan fingerprint density at radius 1 is 1.02 bits per heavy atom. The maximum absolute atomic E-state index is 13.5. The molecule has 6 rings (SSSR count). The number of aliphatic hydroxyl groups excluding tert-OH is 1. The maximum atomic E-state index is 13.5. The van der Waals surface area contributed by atoms with Crippen LogP contribution in [0.2, 0.25) is 0 Å². The summed E-state index contributed by atoms with van der Waals surface area (Å²) in [5.41, 5.74) is 1.35. The lowest BCUT2D eigenvalue weighted by Crippen LogP contribution is -2.58. The van der Waals surface area contributed by atoms with E-state index in [2.05, 4.69) is 26.3 Å². The first-order valence-corrected chi connectivity index (χ1v) is 15.9. The minimum Gasteiger partial charge on any atom is -0.507 e. The minimum absolute atomic E-state index is 0.114. The quantitative estimate of drug-likeness (QED) is 0.167. The highest BCUT2D eigenvalue weighted by molar-refractivity contribution is 7.15. The van der Waals surface area contributed by atoms with E-state index in [-0.39, 0.29) is 30.0 Å². The monoisotopic (exact) mass is 673 g/mol. The molecule has 4 bridgehead atoms. The number of methoxy groups -OCH3 is 1. The summed E-state index contributed by atoms with van der Waals surface area (Å²) in [5.74, 6) is -1.86. The van der Waals surface area contributed by atoms with Gasteiger partial charge in [0.25, 0.3) is 5.91 Å². The van der Waals surface area contributed by atoms with Crippen molar-refractivity contribution in [3.05, 3.63) is 88.9 Å². The molecule has 13 nitrogen and oxygen atoms in total. The van der Waals surface area contributed by atoms with Gasteiger partial charge in [-0.3, -0.25) is 19.2 Å². The summed E-state index contributed by atoms with van der Waals surface area (Å²) in [6, 6.07) is 14.7. The Morgan fingerprint density at radius 2 is 1.75 bits per heavy atom. The molecule has 4 atom stereocenters. The summed E-state index contributed by atoms with van der Waals surface area (Å²) in [7, 11) is 1.58. The second kappa shape index (κ2) is 15.0. The van der Waals surface area contributed by atoms with Crippen molar-refractivity contribution in [2.45, 2.75) is 51.0 Å². The van der Waals surface area contributed by atoms with E-state index in [1.165, 1.54) is 43.4 Å². The van der Waals surface area contributed by atoms with Gasteiger partial charge in [-0.15, -0.1) is 11.3 Å². The van der Waals surface area contributed by atoms with Crippen LogP contribution in [0, 0.1) is 0 Å². The molecule has 2 aliphatic heterocycles. The summed E-state index contributed by atoms with van der Waals surface area (Å²) in [6.45, 7) is 2.87. The van der Waals surface area contributed by atoms with Crippen molar-refractivity contribution < 1.29 is 38.9 Å². The second-order valence-electron chi connectivity index (χ2n) is 11.2. The molecule has 4 amide bonds. The van der Waals surface area contributed by atoms with Crippen LogP contribution in [-0.4, -0.2) is 70.2 Å². The number of hydrogen-bond acceptors (Lipinski definition) is 10. The number of carbonyl (C=O) groups is 4. The van der Waals surface area contributed by atoms with Crippen LogP contribution in [-0.2, 0) is 27.3 Å². The highest BCUT2D eigenvalue weighted by Gasteiger charge is 2.31. The standard InChI is InChI=1S/C34H35N5O8S/c1-18-30(42)38-26(32(44)35-16-23-17-36-34(48-23)24-6-4-5-7-28(24)46-3)14-20-8-10-21(11-9-20)47-22-12-13-27(41)25(15-22)31(43)39-29(19(2)40)33(45)37-18/h4-13,15,17-19,26,29,40-41H,14,16H2,1-3H3,(H,35,44)(H,37,45)(H,38,42)(H,39,43)/t18-,19+,26-,29-/m0/s1. The molecular formula is C34H35N5O8S. The molecule has 14 heteroatoms. The zero-order chi connectivity index (χ0) is 34.4. The molecule has 0 aliphatic carbocycles. The molecule has 6 N–H and O–H groups in total. The number of aromatic nitrogens is 1. The number of amides is 4. The molecule has 250 valence electrons. The number of ether oxygens (including phenoxy) is 2. The Hall–Kier alpha value is -5.47. The Labute approximate surface area is 280 Å². The van der Waals surface area contributed by atoms with Crippen molar-refractivity contribution in [3.8, 4) is 33.6 Å². The minimum atomic E-state index is -1.47. The Morgan fingerprint density at radius 3 is 2.48 bits per heavy atom. The number of benzene rings is 3. The van der Waals surface area contributed by atoms with Gasteiger partial charge >= 0.3 is 0 Å². The first-order chi connectivity index (χ1) is 23.0. The fourth-order valence-corrected chi connectivity index (χ4v) is 5.84. The number of aliphatic hydroxyl groups is 1. The predicted octanol–water partition coefficient (Wildman–Crippen LogP) is 2.66. The van der Waals surface area contributed by atoms with Gasteiger partial charge in [0.05, 0.1) is 30.9 Å². The van der Waals surface area contributed by atoms with E-state index in [4.69, 9.17) is 9.47 Å². The van der Waals surface area contributed by atoms with Gasteiger partial charge in [0.2, 0.25) is 17.7 Å². The Bertz CT molecular complexity index is 1810. The van der Waals surface area contributed by atoms with Crippen molar-refractivity contribution in [1.82, 2.24) is 26.3 Å². The number of rotatable bonds is 6. The SMILES string of the molecule is COc1ccccc1-c1ncc(CNC(=O)[C@@H]2Cc3ccc(cc3)Oc3ccc(O)c(c3)C(=O)N[C@@H]([C@@H](C)O)C(=O)N[C@@H](C)C(=O)N2)s1. The highest BCUT2D eigenvalue weighted by Crippen LogP contribution is 2.33. The van der Waals surface area contributed by atoms with E-state index in [0.717, 1.165) is 15.4 Å². The van der Waals surface area contributed by atoms with Crippen LogP contribution in [0.15, 0.2) is 72.9 Å². The normalized spacial score (nSPS) is 19.1. The zero-order valence-corrected chi connectivity index (χ0v) is 27.2. The molecule has 0 spiro atoms. The first kappa shape index (κ1) is 33.9. The number of para-hydroxylation sites is 1. The molecule has 0 saturated heterocycles. The van der Waals surface area contributed by atoms with E-state index in [1.54, 1.807) is 37.6 Å². The Kier molecular flexibility index (Phi) is 10.6. The van der Waals surface area contributed by atoms with Crippen LogP contribution in [0.3, 0.4) is 0 Å². The molecule has 4 aromatic rings. The van der Waals surface area contributed by atoms with Crippen LogP contribution in [0.1, 0.15) is 34.6 Å². The third kappa shape index (κ3) is 8.08. The van der Waals surface area contributed by atoms with Crippen LogP contribution in [0.4, 0.5) is 0 Å². The number of aromatic hydroxyl groups is 1. The van der Waals surface area contributed by atoms with Crippen molar-refractivity contribution in [2.75, 3.05) is 7.11 Å². The third-order valence-corrected chi connectivity index (χ3v) is 8.61. The average Bonchev–Trinajstić information content (AvgIpc) is 3.55. The number of hydrogen-bond donors (Lipinski definition) is 6. The van der Waals surface area contributed by atoms with Gasteiger partial charge in [0.1, 0.15) is 46.1 Å². The lowest BCUT2D eigenvalue weighted by Gasteiger charge is -2.25. The van der Waals surface area contributed by atoms with Gasteiger partial charge in [0.15, 0.2) is 0 Å². The number of thiazole rings is 1. The molecule has 2 aliphatic rings. The van der Waals surface area contributed by atoms with Gasteiger partial charge < -0.3 is 41.0 Å². The predicted molar refractivity (Wildman–Crippen MR) is 177 cm³/mol. The molecule has 3 heterocycles. The zero-order valence-electron chi connectivity index (χ0n) is 26.4. The lowest BCUT2D eigenvalue weighted by molar-refractivity contribution is -0.133. The number of nitrogens with one attached hydrogen (secondary N) is 4. The summed E-state index contributed by atoms with van der Waals surface area (Å²) < 4.78 is 11.3. The molecule has 48 heavy (non-hydrogen) atoms. The molecule has 3 aromatic carbocycles. The number of nitrogens with zero attached hydrogens (tertiary/aromatic N) is 1. The van der Waals surface area contributed by atoms with E-state index in [1.807, 2.05) is 24.3 Å². The number of carbonyl (C=O) groups excluding carboxylic acids is 4. The van der Waals surface area contributed by atoms with E-state index in [0.29, 0.717) is 17.1 Å². The van der Waals surface area contributed by atoms with Crippen molar-refractivity contribution >= 4 is 35.0 Å². The summed E-state index contributed by atoms with van der Waals surface area (Å²) >= 11 is 1.39. The highest BCUT2D eigenvalue weighted by atomic mass is 32.1. The number of fused-ring (bicyclic) bond motifs is 11. The van der Waals surface area contributed by atoms with E-state index < -0.39 is 47.9 Å². The molecule has 1 aromatic heterocycles. The number of phenolic OH excluding ortho intramolecular Hbond substituents is 1. The van der Waals surface area contributed by atoms with Crippen LogP contribution in [0.5, 0.6) is 23.0 Å². The maximum Gasteiger partial charge on any atom is 0.255 e. The van der Waals surface area contributed by atoms with Crippen molar-refractivity contribution in [2.24, 2.45) is 0 Å². The summed E-state index contributed by atoms with van der Waals surface area (Å²) in [5, 5.41) is 31.8. The largest absolute Gasteiger partial charge is 0.507 e. The van der Waals surface area contributed by atoms with Gasteiger partial charge in [-0.1, -0.05) is 24.3 Å². The summed E-state index contributed by atoms with van der Waals surface area (Å²) in [6.07, 6.45) is 0.423. The molecule has 0 saturated carbocycles. The van der Waals surface area contributed by atoms with Crippen LogP contribution >= 0.6 is 11.3 Å². The Balaban J connectivity index is 1.38. The van der Waals surface area contributed by atoms with Gasteiger partial charge in [0, 0.05) is 17.5 Å². The lowest BCUT2D eigenvalue weighted by atomic mass is 10.0. The van der Waals surface area contributed by atoms with E-state index in [9.17, 15) is 29.4 Å². The fraction of sp³-hybridized carbons (Fsp3) is 0.265. The van der Waals surface area contributed by atoms with Crippen LogP contribution < -0.4 is 30.7 Å². The number of phenols is 1. The third-order valence-electron chi connectivity index (χ3n) is 7.58. The average molecular weight is 674 g/mol. The fourth-order valence-electron chi connectivity index (χ4n) is 4.96. The molecule has 0 fully saturated rings. The van der Waals surface area contributed by atoms with Crippen molar-refractivity contribution in [3.63, 3.8) is 0 Å². The molecule has 0 radical (unpaired) electrons. The van der Waals surface area contributed by atoms with Crippen LogP contribution in [0.25, 0.3) is 10.6 Å². The van der Waals surface area contributed by atoms with Crippen molar-refractivity contribution in [1.29, 1.82) is 0 Å². The molecular weight excluding hydrogens is 638 g/mol.